The van der Waals surface area contributed by atoms with E-state index in [1.165, 1.54) is 0 Å². The van der Waals surface area contributed by atoms with Gasteiger partial charge in [-0.25, -0.2) is 4.98 Å². The van der Waals surface area contributed by atoms with Crippen LogP contribution in [0.5, 0.6) is 0 Å². The Morgan fingerprint density at radius 2 is 2.05 bits per heavy atom. The Kier molecular flexibility index (Phi) is 4.92. The van der Waals surface area contributed by atoms with Crippen molar-refractivity contribution in [3.63, 3.8) is 0 Å². The number of rotatable bonds is 6. The van der Waals surface area contributed by atoms with Crippen molar-refractivity contribution in [3.8, 4) is 0 Å². The van der Waals surface area contributed by atoms with E-state index in [0.29, 0.717) is 16.7 Å². The number of nitrogens with zero attached hydrogens (tertiary/aromatic N) is 1. The van der Waals surface area contributed by atoms with E-state index in [0.717, 1.165) is 0 Å². The largest absolute Gasteiger partial charge is 0.411 e. The number of halogens is 3. The normalized spacial score (nSPS) is 12.0. The van der Waals surface area contributed by atoms with Gasteiger partial charge < -0.3 is 15.0 Å². The minimum absolute atomic E-state index is 0.0721. The summed E-state index contributed by atoms with van der Waals surface area (Å²) in [6.07, 6.45) is -4.31. The van der Waals surface area contributed by atoms with Crippen molar-refractivity contribution in [3.05, 3.63) is 40.4 Å². The molecule has 0 atom stereocenters. The fourth-order valence-corrected chi connectivity index (χ4v) is 1.76. The van der Waals surface area contributed by atoms with Gasteiger partial charge in [0.15, 0.2) is 0 Å². The highest BCUT2D eigenvalue weighted by molar-refractivity contribution is 5.77. The van der Waals surface area contributed by atoms with E-state index in [4.69, 9.17) is 0 Å². The number of aromatic amines is 1. The molecule has 2 rings (SSSR count). The predicted molar refractivity (Wildman–Crippen MR) is 70.9 cm³/mol. The Morgan fingerprint density at radius 1 is 1.29 bits per heavy atom. The first kappa shape index (κ1) is 15.5. The second-order valence-corrected chi connectivity index (χ2v) is 4.37. The van der Waals surface area contributed by atoms with E-state index in [2.05, 4.69) is 20.0 Å². The van der Waals surface area contributed by atoms with Gasteiger partial charge in [0.05, 0.1) is 24.1 Å². The van der Waals surface area contributed by atoms with Crippen LogP contribution in [0.2, 0.25) is 0 Å². The van der Waals surface area contributed by atoms with Crippen molar-refractivity contribution in [1.29, 1.82) is 0 Å². The molecule has 0 aliphatic heterocycles. The highest BCUT2D eigenvalue weighted by Crippen LogP contribution is 2.13. The summed E-state index contributed by atoms with van der Waals surface area (Å²) < 4.78 is 39.9. The molecule has 114 valence electrons. The molecule has 0 saturated carbocycles. The molecule has 5 nitrogen and oxygen atoms in total. The third-order valence-electron chi connectivity index (χ3n) is 2.64. The van der Waals surface area contributed by atoms with Gasteiger partial charge in [0, 0.05) is 6.54 Å². The van der Waals surface area contributed by atoms with Crippen LogP contribution >= 0.6 is 0 Å². The van der Waals surface area contributed by atoms with E-state index in [-0.39, 0.29) is 25.3 Å². The van der Waals surface area contributed by atoms with Crippen LogP contribution in [0.1, 0.15) is 5.82 Å². The number of fused-ring (bicyclic) bond motifs is 1. The van der Waals surface area contributed by atoms with Gasteiger partial charge in [-0.3, -0.25) is 4.79 Å². The number of hydrogen-bond donors (Lipinski definition) is 2. The molecule has 0 spiro atoms. The zero-order valence-corrected chi connectivity index (χ0v) is 11.0. The minimum atomic E-state index is -4.31. The molecular weight excluding hydrogens is 287 g/mol. The number of aromatic nitrogens is 2. The maximum Gasteiger partial charge on any atom is 0.411 e. The van der Waals surface area contributed by atoms with Crippen LogP contribution in [0.15, 0.2) is 29.1 Å². The van der Waals surface area contributed by atoms with Gasteiger partial charge in [0.2, 0.25) is 0 Å². The molecule has 0 amide bonds. The van der Waals surface area contributed by atoms with Gasteiger partial charge in [-0.2, -0.15) is 13.2 Å². The number of alkyl halides is 3. The van der Waals surface area contributed by atoms with E-state index < -0.39 is 12.8 Å². The number of nitrogens with one attached hydrogen (secondary N) is 2. The Morgan fingerprint density at radius 3 is 2.81 bits per heavy atom. The van der Waals surface area contributed by atoms with Crippen LogP contribution in [0.3, 0.4) is 0 Å². The highest BCUT2D eigenvalue weighted by Gasteiger charge is 2.27. The third-order valence-corrected chi connectivity index (χ3v) is 2.64. The molecule has 1 aromatic heterocycles. The van der Waals surface area contributed by atoms with Crippen molar-refractivity contribution < 1.29 is 17.9 Å². The maximum absolute atomic E-state index is 11.8. The molecule has 8 heteroatoms. The molecule has 1 heterocycles. The lowest BCUT2D eigenvalue weighted by Gasteiger charge is -2.08. The Labute approximate surface area is 118 Å². The average molecular weight is 301 g/mol. The number of para-hydroxylation sites is 1. The van der Waals surface area contributed by atoms with Crippen LogP contribution in [0.4, 0.5) is 13.2 Å². The first-order valence-corrected chi connectivity index (χ1v) is 6.29. The molecule has 0 fully saturated rings. The van der Waals surface area contributed by atoms with Gasteiger partial charge in [0.1, 0.15) is 12.4 Å². The lowest BCUT2D eigenvalue weighted by molar-refractivity contribution is -0.173. The number of H-pyrrole nitrogens is 1. The van der Waals surface area contributed by atoms with Crippen molar-refractivity contribution >= 4 is 10.9 Å². The predicted octanol–water partition coefficient (Wildman–Crippen LogP) is 1.59. The summed E-state index contributed by atoms with van der Waals surface area (Å²) in [5.74, 6) is 0.425. The van der Waals surface area contributed by atoms with Gasteiger partial charge in [0.25, 0.3) is 5.56 Å². The molecule has 0 aliphatic carbocycles. The zero-order valence-electron chi connectivity index (χ0n) is 11.0. The third kappa shape index (κ3) is 4.83. The molecule has 0 radical (unpaired) electrons. The summed E-state index contributed by atoms with van der Waals surface area (Å²) in [5.41, 5.74) is 0.331. The zero-order chi connectivity index (χ0) is 15.3. The van der Waals surface area contributed by atoms with Gasteiger partial charge in [-0.1, -0.05) is 12.1 Å². The van der Waals surface area contributed by atoms with Crippen LogP contribution in [0, 0.1) is 0 Å². The van der Waals surface area contributed by atoms with Crippen LogP contribution < -0.4 is 10.9 Å². The van der Waals surface area contributed by atoms with Crippen molar-refractivity contribution in [2.75, 3.05) is 19.8 Å². The quantitative estimate of drug-likeness (QED) is 0.795. The van der Waals surface area contributed by atoms with E-state index in [1.807, 2.05) is 0 Å². The number of hydrogen-bond acceptors (Lipinski definition) is 4. The second-order valence-electron chi connectivity index (χ2n) is 4.37. The van der Waals surface area contributed by atoms with Gasteiger partial charge in [-0.05, 0) is 12.1 Å². The summed E-state index contributed by atoms with van der Waals surface area (Å²) in [6, 6.07) is 6.91. The summed E-state index contributed by atoms with van der Waals surface area (Å²) in [7, 11) is 0. The van der Waals surface area contributed by atoms with Crippen LogP contribution in [-0.4, -0.2) is 35.9 Å². The molecule has 0 unspecified atom stereocenters. The summed E-state index contributed by atoms with van der Waals surface area (Å²) in [4.78, 5) is 18.6. The number of ether oxygens (including phenoxy) is 1. The molecule has 0 aliphatic rings. The summed E-state index contributed by atoms with van der Waals surface area (Å²) in [5, 5.41) is 3.35. The standard InChI is InChI=1S/C13H14F3N3O2/c14-13(15,16)8-21-6-5-17-7-11-18-10-4-2-1-3-9(10)12(20)19-11/h1-4,17H,5-8H2,(H,18,19,20). The van der Waals surface area contributed by atoms with Gasteiger partial charge >= 0.3 is 6.18 Å². The average Bonchev–Trinajstić information content (AvgIpc) is 2.41. The first-order chi connectivity index (χ1) is 9.96. The fourth-order valence-electron chi connectivity index (χ4n) is 1.76. The van der Waals surface area contributed by atoms with E-state index in [9.17, 15) is 18.0 Å². The van der Waals surface area contributed by atoms with Crippen molar-refractivity contribution in [2.24, 2.45) is 0 Å². The van der Waals surface area contributed by atoms with Crippen LogP contribution in [0.25, 0.3) is 10.9 Å². The fraction of sp³-hybridized carbons (Fsp3) is 0.385. The highest BCUT2D eigenvalue weighted by atomic mass is 19.4. The second kappa shape index (κ2) is 6.68. The number of benzene rings is 1. The lowest BCUT2D eigenvalue weighted by Crippen LogP contribution is -2.25. The minimum Gasteiger partial charge on any atom is -0.371 e. The monoisotopic (exact) mass is 301 g/mol. The summed E-state index contributed by atoms with van der Waals surface area (Å²) >= 11 is 0. The molecule has 2 N–H and O–H groups in total. The Bertz CT molecular complexity index is 655. The van der Waals surface area contributed by atoms with Crippen molar-refractivity contribution in [2.45, 2.75) is 12.7 Å². The first-order valence-electron chi connectivity index (χ1n) is 6.29. The molecule has 21 heavy (non-hydrogen) atoms. The molecule has 0 saturated heterocycles. The Balaban J connectivity index is 1.83. The SMILES string of the molecule is O=c1[nH]c(CNCCOCC(F)(F)F)nc2ccccc12. The molecule has 1 aromatic carbocycles. The molecular formula is C13H14F3N3O2. The van der Waals surface area contributed by atoms with E-state index >= 15 is 0 Å². The van der Waals surface area contributed by atoms with Gasteiger partial charge in [-0.15, -0.1) is 0 Å². The lowest BCUT2D eigenvalue weighted by atomic mass is 10.2. The maximum atomic E-state index is 11.8. The molecule has 0 bridgehead atoms. The van der Waals surface area contributed by atoms with Crippen LogP contribution in [-0.2, 0) is 11.3 Å². The Hall–Kier alpha value is -1.93. The van der Waals surface area contributed by atoms with Crippen molar-refractivity contribution in [1.82, 2.24) is 15.3 Å². The molecule has 2 aromatic rings. The topological polar surface area (TPSA) is 67.0 Å². The summed E-state index contributed by atoms with van der Waals surface area (Å²) in [6.45, 7) is -0.862. The van der Waals surface area contributed by atoms with E-state index in [1.54, 1.807) is 24.3 Å². The smallest absolute Gasteiger partial charge is 0.371 e.